The maximum Gasteiger partial charge on any atom is 0.338 e. The molecule has 0 saturated heterocycles. The summed E-state index contributed by atoms with van der Waals surface area (Å²) in [6.07, 6.45) is 1.38. The van der Waals surface area contributed by atoms with E-state index in [2.05, 4.69) is 0 Å². The topological polar surface area (TPSA) is 133 Å². The number of aromatic hydroxyl groups is 1. The van der Waals surface area contributed by atoms with Crippen LogP contribution in [-0.4, -0.2) is 34.3 Å². The average molecular weight is 558 g/mol. The summed E-state index contributed by atoms with van der Waals surface area (Å²) in [7, 11) is 1.52. The van der Waals surface area contributed by atoms with Crippen molar-refractivity contribution < 1.29 is 24.3 Å². The summed E-state index contributed by atoms with van der Waals surface area (Å²) < 4.78 is 12.4. The molecule has 1 atom stereocenters. The number of hydrogen-bond acceptors (Lipinski definition) is 9. The molecule has 2 heterocycles. The van der Waals surface area contributed by atoms with E-state index in [0.717, 1.165) is 11.3 Å². The first-order chi connectivity index (χ1) is 19.3. The van der Waals surface area contributed by atoms with Crippen LogP contribution in [0.4, 0.5) is 5.69 Å². The largest absolute Gasteiger partial charge is 0.502 e. The maximum atomic E-state index is 13.9. The van der Waals surface area contributed by atoms with E-state index in [4.69, 9.17) is 14.5 Å². The molecule has 5 rings (SSSR count). The number of phenols is 1. The first-order valence-electron chi connectivity index (χ1n) is 12.2. The molecular formula is C29H23N3O7S. The van der Waals surface area contributed by atoms with E-state index in [9.17, 15) is 24.8 Å². The summed E-state index contributed by atoms with van der Waals surface area (Å²) in [6, 6.07) is 19.3. The zero-order chi connectivity index (χ0) is 28.4. The molecule has 202 valence electrons. The molecule has 1 aromatic heterocycles. The van der Waals surface area contributed by atoms with Gasteiger partial charge in [-0.25, -0.2) is 9.79 Å². The van der Waals surface area contributed by atoms with Crippen LogP contribution in [0.3, 0.4) is 0 Å². The van der Waals surface area contributed by atoms with Crippen molar-refractivity contribution in [2.24, 2.45) is 4.99 Å². The summed E-state index contributed by atoms with van der Waals surface area (Å²) in [5, 5.41) is 21.8. The van der Waals surface area contributed by atoms with Gasteiger partial charge in [-0.2, -0.15) is 0 Å². The van der Waals surface area contributed by atoms with Crippen LogP contribution in [-0.2, 0) is 9.53 Å². The first-order valence-corrected chi connectivity index (χ1v) is 13.0. The van der Waals surface area contributed by atoms with Gasteiger partial charge in [0.1, 0.15) is 5.75 Å². The highest BCUT2D eigenvalue weighted by Crippen LogP contribution is 2.36. The van der Waals surface area contributed by atoms with Gasteiger partial charge in [0.2, 0.25) is 5.75 Å². The van der Waals surface area contributed by atoms with E-state index >= 15 is 0 Å². The summed E-state index contributed by atoms with van der Waals surface area (Å²) in [5.74, 6) is -0.647. The summed E-state index contributed by atoms with van der Waals surface area (Å²) in [6.45, 7) is 1.81. The fourth-order valence-corrected chi connectivity index (χ4v) is 5.51. The number of nitro groups is 1. The lowest BCUT2D eigenvalue weighted by atomic mass is 9.93. The summed E-state index contributed by atoms with van der Waals surface area (Å²) >= 11 is 1.04. The van der Waals surface area contributed by atoms with Gasteiger partial charge in [-0.3, -0.25) is 19.5 Å². The Morgan fingerprint density at radius 3 is 2.60 bits per heavy atom. The van der Waals surface area contributed by atoms with Gasteiger partial charge in [-0.05, 0) is 30.7 Å². The second-order valence-corrected chi connectivity index (χ2v) is 9.69. The number of para-hydroxylation sites is 1. The average Bonchev–Trinajstić information content (AvgIpc) is 3.28. The third-order valence-corrected chi connectivity index (χ3v) is 7.30. The quantitative estimate of drug-likeness (QED) is 0.209. The van der Waals surface area contributed by atoms with Crippen molar-refractivity contribution in [2.75, 3.05) is 13.7 Å². The van der Waals surface area contributed by atoms with Gasteiger partial charge >= 0.3 is 11.7 Å². The number of hydrogen-bond donors (Lipinski definition) is 1. The number of ether oxygens (including phenoxy) is 2. The second kappa shape index (κ2) is 11.0. The molecule has 1 aliphatic heterocycles. The maximum absolute atomic E-state index is 13.9. The molecule has 0 spiro atoms. The van der Waals surface area contributed by atoms with Crippen molar-refractivity contribution in [1.29, 1.82) is 0 Å². The molecule has 0 bridgehead atoms. The highest BCUT2D eigenvalue weighted by atomic mass is 32.1. The second-order valence-electron chi connectivity index (χ2n) is 8.68. The van der Waals surface area contributed by atoms with Crippen molar-refractivity contribution in [2.45, 2.75) is 13.0 Å². The standard InChI is InChI=1S/C29H23N3O7S/c1-3-39-28(35)23-24(17-9-5-4-6-10-17)30-29-31(25(23)18-11-7-13-20(15-18)38-2)27(34)22(40-29)16-19-12-8-14-21(26(19)33)32(36)37/h4-16,25,33H,3H2,1-2H3/b22-16+/t25-/m0/s1. The van der Waals surface area contributed by atoms with Crippen LogP contribution in [0.5, 0.6) is 11.5 Å². The van der Waals surface area contributed by atoms with Gasteiger partial charge in [0.05, 0.1) is 40.5 Å². The highest BCUT2D eigenvalue weighted by Gasteiger charge is 2.35. The van der Waals surface area contributed by atoms with Crippen molar-refractivity contribution in [1.82, 2.24) is 4.57 Å². The van der Waals surface area contributed by atoms with Crippen LogP contribution in [0.1, 0.15) is 29.7 Å². The monoisotopic (exact) mass is 557 g/mol. The first kappa shape index (κ1) is 26.6. The zero-order valence-electron chi connectivity index (χ0n) is 21.4. The molecule has 3 aromatic carbocycles. The Labute approximate surface area is 231 Å². The molecule has 1 aliphatic rings. The third-order valence-electron chi connectivity index (χ3n) is 6.31. The minimum Gasteiger partial charge on any atom is -0.502 e. The van der Waals surface area contributed by atoms with Crippen LogP contribution in [0.15, 0.2) is 88.2 Å². The normalized spacial score (nSPS) is 14.8. The van der Waals surface area contributed by atoms with E-state index in [1.54, 1.807) is 31.2 Å². The lowest BCUT2D eigenvalue weighted by molar-refractivity contribution is -0.385. The number of nitrogens with zero attached hydrogens (tertiary/aromatic N) is 3. The van der Waals surface area contributed by atoms with Crippen molar-refractivity contribution >= 4 is 34.8 Å². The Morgan fingerprint density at radius 1 is 1.15 bits per heavy atom. The molecule has 0 saturated carbocycles. The van der Waals surface area contributed by atoms with Crippen LogP contribution in [0.2, 0.25) is 0 Å². The molecule has 4 aromatic rings. The van der Waals surface area contributed by atoms with Crippen LogP contribution in [0.25, 0.3) is 11.8 Å². The van der Waals surface area contributed by atoms with Gasteiger partial charge in [0.25, 0.3) is 5.56 Å². The van der Waals surface area contributed by atoms with Gasteiger partial charge in [0.15, 0.2) is 4.80 Å². The number of benzene rings is 3. The molecule has 1 N–H and O–H groups in total. The summed E-state index contributed by atoms with van der Waals surface area (Å²) in [5.41, 5.74) is 0.925. The molecular weight excluding hydrogens is 534 g/mol. The Morgan fingerprint density at radius 2 is 1.90 bits per heavy atom. The van der Waals surface area contributed by atoms with E-state index in [0.29, 0.717) is 27.4 Å². The van der Waals surface area contributed by atoms with Crippen molar-refractivity contribution in [3.63, 3.8) is 0 Å². The number of thiazole rings is 1. The Kier molecular flexibility index (Phi) is 7.30. The molecule has 0 unspecified atom stereocenters. The minimum atomic E-state index is -0.915. The zero-order valence-corrected chi connectivity index (χ0v) is 22.3. The minimum absolute atomic E-state index is 0.102. The molecule has 11 heteroatoms. The molecule has 0 fully saturated rings. The number of fused-ring (bicyclic) bond motifs is 1. The molecule has 0 amide bonds. The van der Waals surface area contributed by atoms with Crippen LogP contribution < -0.4 is 19.6 Å². The van der Waals surface area contributed by atoms with Crippen LogP contribution in [0, 0.1) is 10.1 Å². The van der Waals surface area contributed by atoms with E-state index < -0.39 is 33.9 Å². The molecule has 0 radical (unpaired) electrons. The SMILES string of the molecule is CCOC(=O)C1=C(c2ccccc2)N=c2s/c(=C/c3cccc([N+](=O)[O-])c3O)c(=O)n2[C@H]1c1cccc(OC)c1. The number of aromatic nitrogens is 1. The van der Waals surface area contributed by atoms with E-state index in [1.807, 2.05) is 30.3 Å². The predicted molar refractivity (Wildman–Crippen MR) is 149 cm³/mol. The van der Waals surface area contributed by atoms with Crippen LogP contribution >= 0.6 is 11.3 Å². The smallest absolute Gasteiger partial charge is 0.338 e. The van der Waals surface area contributed by atoms with Gasteiger partial charge < -0.3 is 14.6 Å². The van der Waals surface area contributed by atoms with E-state index in [-0.39, 0.29) is 22.3 Å². The molecule has 40 heavy (non-hydrogen) atoms. The third kappa shape index (κ3) is 4.78. The van der Waals surface area contributed by atoms with Gasteiger partial charge in [-0.1, -0.05) is 65.9 Å². The number of carbonyl (C=O) groups is 1. The fraction of sp³-hybridized carbons (Fsp3) is 0.138. The lowest BCUT2D eigenvalue weighted by Gasteiger charge is -2.26. The number of phenolic OH excluding ortho intramolecular Hbond substituents is 1. The van der Waals surface area contributed by atoms with E-state index in [1.165, 1.54) is 36.0 Å². The van der Waals surface area contributed by atoms with Crippen molar-refractivity contribution in [3.05, 3.63) is 125 Å². The highest BCUT2D eigenvalue weighted by molar-refractivity contribution is 7.07. The number of esters is 1. The number of carbonyl (C=O) groups excluding carboxylic acids is 1. The number of methoxy groups -OCH3 is 1. The lowest BCUT2D eigenvalue weighted by Crippen LogP contribution is -2.40. The predicted octanol–water partition coefficient (Wildman–Crippen LogP) is 3.56. The number of nitro benzene ring substituents is 1. The van der Waals surface area contributed by atoms with Gasteiger partial charge in [0, 0.05) is 17.2 Å². The molecule has 0 aliphatic carbocycles. The number of rotatable bonds is 7. The fourth-order valence-electron chi connectivity index (χ4n) is 4.52. The van der Waals surface area contributed by atoms with Crippen molar-refractivity contribution in [3.8, 4) is 11.5 Å². The Bertz CT molecular complexity index is 1840. The Hall–Kier alpha value is -5.03. The summed E-state index contributed by atoms with van der Waals surface area (Å²) in [4.78, 5) is 43.1. The van der Waals surface area contributed by atoms with Gasteiger partial charge in [-0.15, -0.1) is 0 Å². The molecule has 10 nitrogen and oxygen atoms in total. The Balaban J connectivity index is 1.84.